The van der Waals surface area contributed by atoms with Gasteiger partial charge in [-0.3, -0.25) is 14.4 Å². The SMILES string of the molecule is COc1nn(C)cc1Nc1ncc(C)c(-c2c[nH]c3c(NC(=O)[C@H]4CCCN4[C@@H]4CCN(C)C4)cccc23)n1. The number of amides is 1. The van der Waals surface area contributed by atoms with E-state index < -0.39 is 0 Å². The number of methoxy groups -OCH3 is 1. The predicted molar refractivity (Wildman–Crippen MR) is 151 cm³/mol. The lowest BCUT2D eigenvalue weighted by atomic mass is 10.1. The number of likely N-dealkylation sites (tertiary alicyclic amines) is 2. The summed E-state index contributed by atoms with van der Waals surface area (Å²) in [6.45, 7) is 5.10. The van der Waals surface area contributed by atoms with E-state index in [4.69, 9.17) is 9.72 Å². The van der Waals surface area contributed by atoms with Crippen molar-refractivity contribution in [3.05, 3.63) is 42.4 Å². The minimum Gasteiger partial charge on any atom is -0.478 e. The molecule has 0 aliphatic carbocycles. The maximum absolute atomic E-state index is 13.5. The van der Waals surface area contributed by atoms with E-state index >= 15 is 0 Å². The van der Waals surface area contributed by atoms with Crippen molar-refractivity contribution >= 4 is 34.1 Å². The van der Waals surface area contributed by atoms with Gasteiger partial charge < -0.3 is 25.3 Å². The van der Waals surface area contributed by atoms with Crippen molar-refractivity contribution in [2.24, 2.45) is 7.05 Å². The third kappa shape index (κ3) is 4.83. The number of aromatic nitrogens is 5. The molecule has 2 aliphatic heterocycles. The minimum absolute atomic E-state index is 0.0702. The van der Waals surface area contributed by atoms with Crippen molar-refractivity contribution < 1.29 is 9.53 Å². The fourth-order valence-corrected chi connectivity index (χ4v) is 5.96. The van der Waals surface area contributed by atoms with Crippen molar-refractivity contribution in [1.29, 1.82) is 0 Å². The van der Waals surface area contributed by atoms with Crippen LogP contribution < -0.4 is 15.4 Å². The van der Waals surface area contributed by atoms with Crippen LogP contribution in [-0.4, -0.2) is 86.3 Å². The van der Waals surface area contributed by atoms with Crippen LogP contribution in [0.15, 0.2) is 36.8 Å². The van der Waals surface area contributed by atoms with Gasteiger partial charge in [0.2, 0.25) is 11.9 Å². The van der Waals surface area contributed by atoms with Crippen LogP contribution in [0.2, 0.25) is 0 Å². The van der Waals surface area contributed by atoms with Gasteiger partial charge in [0.15, 0.2) is 0 Å². The van der Waals surface area contributed by atoms with Gasteiger partial charge in [-0.25, -0.2) is 9.97 Å². The van der Waals surface area contributed by atoms with Crippen LogP contribution in [0.4, 0.5) is 17.3 Å². The van der Waals surface area contributed by atoms with Crippen LogP contribution in [0.25, 0.3) is 22.2 Å². The number of hydrogen-bond donors (Lipinski definition) is 3. The number of ether oxygens (including phenoxy) is 1. The number of aromatic amines is 1. The topological polar surface area (TPSA) is 116 Å². The number of para-hydroxylation sites is 1. The summed E-state index contributed by atoms with van der Waals surface area (Å²) in [7, 11) is 5.56. The molecule has 3 N–H and O–H groups in total. The second-order valence-corrected chi connectivity index (χ2v) is 10.6. The van der Waals surface area contributed by atoms with Crippen molar-refractivity contribution in [3.8, 4) is 17.1 Å². The number of H-pyrrole nitrogens is 1. The van der Waals surface area contributed by atoms with Gasteiger partial charge in [-0.1, -0.05) is 12.1 Å². The number of carbonyl (C=O) groups is 1. The van der Waals surface area contributed by atoms with Crippen molar-refractivity contribution in [2.75, 3.05) is 44.4 Å². The summed E-state index contributed by atoms with van der Waals surface area (Å²) < 4.78 is 7.02. The number of hydrogen-bond acceptors (Lipinski definition) is 8. The van der Waals surface area contributed by atoms with E-state index in [-0.39, 0.29) is 11.9 Å². The number of benzene rings is 1. The third-order valence-electron chi connectivity index (χ3n) is 7.87. The van der Waals surface area contributed by atoms with E-state index in [0.29, 0.717) is 23.6 Å². The molecule has 39 heavy (non-hydrogen) atoms. The number of fused-ring (bicyclic) bond motifs is 1. The first-order valence-electron chi connectivity index (χ1n) is 13.4. The molecule has 2 aliphatic rings. The Labute approximate surface area is 227 Å². The maximum Gasteiger partial charge on any atom is 0.256 e. The Morgan fingerprint density at radius 3 is 2.85 bits per heavy atom. The first-order chi connectivity index (χ1) is 18.9. The molecule has 204 valence electrons. The zero-order valence-corrected chi connectivity index (χ0v) is 22.9. The average molecular weight is 530 g/mol. The smallest absolute Gasteiger partial charge is 0.256 e. The molecule has 4 aromatic rings. The van der Waals surface area contributed by atoms with E-state index in [1.54, 1.807) is 18.0 Å². The molecule has 11 nitrogen and oxygen atoms in total. The molecular weight excluding hydrogens is 494 g/mol. The summed E-state index contributed by atoms with van der Waals surface area (Å²) in [4.78, 5) is 30.9. The Bertz CT molecular complexity index is 1510. The van der Waals surface area contributed by atoms with Crippen molar-refractivity contribution in [3.63, 3.8) is 0 Å². The zero-order chi connectivity index (χ0) is 27.1. The summed E-state index contributed by atoms with van der Waals surface area (Å²) in [6.07, 6.45) is 8.64. The second-order valence-electron chi connectivity index (χ2n) is 10.6. The van der Waals surface area contributed by atoms with Gasteiger partial charge in [0.1, 0.15) is 5.69 Å². The summed E-state index contributed by atoms with van der Waals surface area (Å²) in [5.41, 5.74) is 5.04. The molecule has 2 atom stereocenters. The fraction of sp³-hybridized carbons (Fsp3) is 0.429. The van der Waals surface area contributed by atoms with Crippen molar-refractivity contribution in [1.82, 2.24) is 34.5 Å². The van der Waals surface area contributed by atoms with Crippen LogP contribution in [0.3, 0.4) is 0 Å². The molecule has 3 aromatic heterocycles. The summed E-state index contributed by atoms with van der Waals surface area (Å²) in [6, 6.07) is 6.34. The quantitative estimate of drug-likeness (QED) is 0.333. The minimum atomic E-state index is -0.0894. The van der Waals surface area contributed by atoms with Crippen LogP contribution in [0, 0.1) is 6.92 Å². The molecule has 5 heterocycles. The Balaban J connectivity index is 1.26. The fourth-order valence-electron chi connectivity index (χ4n) is 5.96. The van der Waals surface area contributed by atoms with Gasteiger partial charge in [-0.05, 0) is 58.0 Å². The van der Waals surface area contributed by atoms with Gasteiger partial charge in [-0.15, -0.1) is 5.10 Å². The molecule has 0 bridgehead atoms. The summed E-state index contributed by atoms with van der Waals surface area (Å²) >= 11 is 0. The van der Waals surface area contributed by atoms with Crippen molar-refractivity contribution in [2.45, 2.75) is 38.3 Å². The summed E-state index contributed by atoms with van der Waals surface area (Å²) in [5.74, 6) is 0.983. The number of likely N-dealkylation sites (N-methyl/N-ethyl adjacent to an activating group) is 1. The lowest BCUT2D eigenvalue weighted by molar-refractivity contribution is -0.121. The van der Waals surface area contributed by atoms with E-state index in [9.17, 15) is 4.79 Å². The van der Waals surface area contributed by atoms with Gasteiger partial charge in [-0.2, -0.15) is 0 Å². The lowest BCUT2D eigenvalue weighted by Gasteiger charge is -2.29. The molecule has 1 amide bonds. The highest BCUT2D eigenvalue weighted by atomic mass is 16.5. The monoisotopic (exact) mass is 529 g/mol. The first kappa shape index (κ1) is 25.3. The number of anilines is 3. The van der Waals surface area contributed by atoms with E-state index in [1.165, 1.54) is 0 Å². The molecule has 11 heteroatoms. The Kier molecular flexibility index (Phi) is 6.69. The van der Waals surface area contributed by atoms with E-state index in [1.807, 2.05) is 44.6 Å². The third-order valence-corrected chi connectivity index (χ3v) is 7.87. The van der Waals surface area contributed by atoms with E-state index in [0.717, 1.165) is 72.3 Å². The zero-order valence-electron chi connectivity index (χ0n) is 22.9. The number of carbonyl (C=O) groups excluding carboxylic acids is 1. The standard InChI is InChI=1S/C28H35N9O2/c1-17-13-30-28(32-22-16-36(3)34-27(22)39-4)33-24(17)20-14-29-25-19(20)7-5-8-21(25)31-26(38)23-9-6-11-37(23)18-10-12-35(2)15-18/h5,7-8,13-14,16,18,23,29H,6,9-12,15H2,1-4H3,(H,31,38)(H,30,32,33)/t18-,23-/m1/s1. The molecule has 6 rings (SSSR count). The molecule has 0 spiro atoms. The van der Waals surface area contributed by atoms with Crippen LogP contribution in [0.5, 0.6) is 5.88 Å². The summed E-state index contributed by atoms with van der Waals surface area (Å²) in [5, 5.41) is 11.7. The highest BCUT2D eigenvalue weighted by Crippen LogP contribution is 2.35. The molecule has 1 aromatic carbocycles. The number of rotatable bonds is 7. The molecular formula is C28H35N9O2. The lowest BCUT2D eigenvalue weighted by Crippen LogP contribution is -2.46. The van der Waals surface area contributed by atoms with Gasteiger partial charge in [0.05, 0.1) is 36.2 Å². The largest absolute Gasteiger partial charge is 0.478 e. The normalized spacial score (nSPS) is 20.1. The molecule has 0 saturated carbocycles. The Morgan fingerprint density at radius 2 is 2.05 bits per heavy atom. The Morgan fingerprint density at radius 1 is 1.18 bits per heavy atom. The van der Waals surface area contributed by atoms with Crippen LogP contribution in [-0.2, 0) is 11.8 Å². The molecule has 2 fully saturated rings. The second kappa shape index (κ2) is 10.3. The molecule has 2 saturated heterocycles. The van der Waals surface area contributed by atoms with Gasteiger partial charge in [0.25, 0.3) is 5.88 Å². The molecule has 0 radical (unpaired) electrons. The average Bonchev–Trinajstić information content (AvgIpc) is 3.71. The highest BCUT2D eigenvalue weighted by molar-refractivity contribution is 6.06. The van der Waals surface area contributed by atoms with Crippen LogP contribution in [0.1, 0.15) is 24.8 Å². The van der Waals surface area contributed by atoms with E-state index in [2.05, 4.69) is 42.5 Å². The number of aryl methyl sites for hydroxylation is 2. The number of nitrogens with one attached hydrogen (secondary N) is 3. The van der Waals surface area contributed by atoms with Gasteiger partial charge >= 0.3 is 0 Å². The van der Waals surface area contributed by atoms with Gasteiger partial charge in [0, 0.05) is 43.0 Å². The highest BCUT2D eigenvalue weighted by Gasteiger charge is 2.37. The Hall–Kier alpha value is -3.96. The predicted octanol–water partition coefficient (Wildman–Crippen LogP) is 3.53. The van der Waals surface area contributed by atoms with Crippen LogP contribution >= 0.6 is 0 Å². The maximum atomic E-state index is 13.5. The number of nitrogens with zero attached hydrogens (tertiary/aromatic N) is 6. The first-order valence-corrected chi connectivity index (χ1v) is 13.4. The molecule has 0 unspecified atom stereocenters.